The zero-order chi connectivity index (χ0) is 16.7. The number of hydrogen-bond acceptors (Lipinski definition) is 3. The lowest BCUT2D eigenvalue weighted by atomic mass is 10.1. The van der Waals surface area contributed by atoms with Crippen molar-refractivity contribution in [3.05, 3.63) is 63.8 Å². The summed E-state index contributed by atoms with van der Waals surface area (Å²) in [4.78, 5) is 19.3. The number of benzene rings is 2. The largest absolute Gasteiger partial charge is 0.310 e. The molecule has 1 aliphatic rings. The zero-order valence-electron chi connectivity index (χ0n) is 14.0. The van der Waals surface area contributed by atoms with E-state index in [2.05, 4.69) is 36.2 Å². The number of thiophene rings is 1. The summed E-state index contributed by atoms with van der Waals surface area (Å²) in [6.07, 6.45) is 1.04. The molecule has 0 N–H and O–H groups in total. The normalized spacial score (nSPS) is 14.6. The molecule has 0 fully saturated rings. The van der Waals surface area contributed by atoms with Crippen LogP contribution in [-0.2, 0) is 13.0 Å². The summed E-state index contributed by atoms with van der Waals surface area (Å²) in [6.45, 7) is 2.02. The smallest absolute Gasteiger partial charge is 0.268 e. The van der Waals surface area contributed by atoms with Crippen molar-refractivity contribution in [1.82, 2.24) is 4.90 Å². The molecule has 3 nitrogen and oxygen atoms in total. The maximum Gasteiger partial charge on any atom is 0.268 e. The van der Waals surface area contributed by atoms with Crippen molar-refractivity contribution in [1.29, 1.82) is 0 Å². The van der Waals surface area contributed by atoms with Crippen LogP contribution in [0, 0.1) is 0 Å². The van der Waals surface area contributed by atoms with Gasteiger partial charge in [-0.1, -0.05) is 36.4 Å². The number of carbonyl (C=O) groups excluding carboxylic acids is 1. The second-order valence-electron chi connectivity index (χ2n) is 6.41. The summed E-state index contributed by atoms with van der Waals surface area (Å²) >= 11 is 1.64. The third kappa shape index (κ3) is 2.62. The van der Waals surface area contributed by atoms with E-state index < -0.39 is 0 Å². The van der Waals surface area contributed by atoms with Crippen LogP contribution in [0.5, 0.6) is 0 Å². The van der Waals surface area contributed by atoms with Crippen LogP contribution in [0.2, 0.25) is 0 Å². The van der Waals surface area contributed by atoms with Crippen molar-refractivity contribution in [3.8, 4) is 0 Å². The average molecular weight is 336 g/mol. The Bertz CT molecular complexity index is 910. The summed E-state index contributed by atoms with van der Waals surface area (Å²) in [5, 5.41) is 2.26. The lowest BCUT2D eigenvalue weighted by Gasteiger charge is -2.21. The minimum absolute atomic E-state index is 0.0772. The first-order valence-corrected chi connectivity index (χ1v) is 9.01. The van der Waals surface area contributed by atoms with Crippen LogP contribution in [0.4, 0.5) is 5.69 Å². The van der Waals surface area contributed by atoms with Gasteiger partial charge in [0, 0.05) is 30.4 Å². The quantitative estimate of drug-likeness (QED) is 0.701. The standard InChI is InChI=1S/C20H20N2OS/c1-21-11-10-15-12-18(24-19(15)13-21)20(23)22(2)17-9-5-7-14-6-3-4-8-16(14)17/h3-9,12H,10-11,13H2,1-2H3. The molecule has 0 spiro atoms. The van der Waals surface area contributed by atoms with Gasteiger partial charge in [-0.15, -0.1) is 11.3 Å². The fourth-order valence-electron chi connectivity index (χ4n) is 3.33. The van der Waals surface area contributed by atoms with Crippen LogP contribution in [0.3, 0.4) is 0 Å². The fraction of sp³-hybridized carbons (Fsp3) is 0.250. The first kappa shape index (κ1) is 15.4. The molecule has 1 aromatic heterocycles. The highest BCUT2D eigenvalue weighted by atomic mass is 32.1. The molecule has 24 heavy (non-hydrogen) atoms. The number of hydrogen-bond donors (Lipinski definition) is 0. The van der Waals surface area contributed by atoms with Gasteiger partial charge in [0.15, 0.2) is 0 Å². The van der Waals surface area contributed by atoms with E-state index in [1.54, 1.807) is 16.2 Å². The van der Waals surface area contributed by atoms with E-state index in [0.29, 0.717) is 0 Å². The predicted molar refractivity (Wildman–Crippen MR) is 101 cm³/mol. The Morgan fingerprint density at radius 1 is 1.17 bits per heavy atom. The Kier molecular flexibility index (Phi) is 3.87. The van der Waals surface area contributed by atoms with Gasteiger partial charge in [0.1, 0.15) is 0 Å². The second kappa shape index (κ2) is 6.04. The molecule has 3 aromatic rings. The molecule has 2 heterocycles. The Balaban J connectivity index is 1.69. The number of nitrogens with zero attached hydrogens (tertiary/aromatic N) is 2. The van der Waals surface area contributed by atoms with Crippen LogP contribution >= 0.6 is 11.3 Å². The molecule has 0 atom stereocenters. The Morgan fingerprint density at radius 2 is 1.96 bits per heavy atom. The van der Waals surface area contributed by atoms with Gasteiger partial charge in [-0.05, 0) is 36.6 Å². The lowest BCUT2D eigenvalue weighted by Crippen LogP contribution is -2.25. The van der Waals surface area contributed by atoms with Crippen LogP contribution in [0.25, 0.3) is 10.8 Å². The minimum atomic E-state index is 0.0772. The van der Waals surface area contributed by atoms with E-state index in [-0.39, 0.29) is 5.91 Å². The summed E-state index contributed by atoms with van der Waals surface area (Å²) in [6, 6.07) is 16.4. The molecule has 0 bridgehead atoms. The van der Waals surface area contributed by atoms with Crippen LogP contribution < -0.4 is 4.90 Å². The highest BCUT2D eigenvalue weighted by molar-refractivity contribution is 7.14. The maximum atomic E-state index is 13.0. The molecule has 0 radical (unpaired) electrons. The summed E-state index contributed by atoms with van der Waals surface area (Å²) in [5.41, 5.74) is 2.30. The summed E-state index contributed by atoms with van der Waals surface area (Å²) < 4.78 is 0. The van der Waals surface area contributed by atoms with Gasteiger partial charge in [0.05, 0.1) is 10.6 Å². The van der Waals surface area contributed by atoms with E-state index in [9.17, 15) is 4.79 Å². The summed E-state index contributed by atoms with van der Waals surface area (Å²) in [5.74, 6) is 0.0772. The lowest BCUT2D eigenvalue weighted by molar-refractivity contribution is 0.0997. The molecule has 0 unspecified atom stereocenters. The highest BCUT2D eigenvalue weighted by Crippen LogP contribution is 2.31. The van der Waals surface area contributed by atoms with Crippen molar-refractivity contribution < 1.29 is 4.79 Å². The molecule has 0 saturated carbocycles. The monoisotopic (exact) mass is 336 g/mol. The van der Waals surface area contributed by atoms with Gasteiger partial charge in [-0.3, -0.25) is 4.79 Å². The Hall–Kier alpha value is -2.17. The SMILES string of the molecule is CN1CCc2cc(C(=O)N(C)c3cccc4ccccc34)sc2C1. The van der Waals surface area contributed by atoms with Crippen molar-refractivity contribution in [3.63, 3.8) is 0 Å². The van der Waals surface area contributed by atoms with Crippen molar-refractivity contribution in [2.45, 2.75) is 13.0 Å². The third-order valence-electron chi connectivity index (χ3n) is 4.72. The molecule has 2 aromatic carbocycles. The Morgan fingerprint density at radius 3 is 2.83 bits per heavy atom. The van der Waals surface area contributed by atoms with E-state index in [0.717, 1.165) is 40.8 Å². The summed E-state index contributed by atoms with van der Waals surface area (Å²) in [7, 11) is 4.00. The first-order valence-electron chi connectivity index (χ1n) is 8.19. The van der Waals surface area contributed by atoms with Gasteiger partial charge in [0.25, 0.3) is 5.91 Å². The molecular weight excluding hydrogens is 316 g/mol. The molecule has 4 rings (SSSR count). The van der Waals surface area contributed by atoms with Crippen molar-refractivity contribution >= 4 is 33.7 Å². The molecule has 122 valence electrons. The molecule has 4 heteroatoms. The van der Waals surface area contributed by atoms with Gasteiger partial charge in [-0.25, -0.2) is 0 Å². The van der Waals surface area contributed by atoms with E-state index >= 15 is 0 Å². The zero-order valence-corrected chi connectivity index (χ0v) is 14.8. The second-order valence-corrected chi connectivity index (χ2v) is 7.55. The highest BCUT2D eigenvalue weighted by Gasteiger charge is 2.22. The van der Waals surface area contributed by atoms with Gasteiger partial charge < -0.3 is 9.80 Å². The average Bonchev–Trinajstić information content (AvgIpc) is 3.03. The first-order chi connectivity index (χ1) is 11.6. The van der Waals surface area contributed by atoms with Crippen LogP contribution in [0.15, 0.2) is 48.5 Å². The minimum Gasteiger partial charge on any atom is -0.310 e. The number of rotatable bonds is 2. The molecule has 1 aliphatic heterocycles. The predicted octanol–water partition coefficient (Wildman–Crippen LogP) is 4.17. The maximum absolute atomic E-state index is 13.0. The van der Waals surface area contributed by atoms with Gasteiger partial charge >= 0.3 is 0 Å². The third-order valence-corrected chi connectivity index (χ3v) is 5.87. The van der Waals surface area contributed by atoms with E-state index in [1.165, 1.54) is 10.4 Å². The number of anilines is 1. The number of amides is 1. The number of likely N-dealkylation sites (N-methyl/N-ethyl adjacent to an activating group) is 1. The van der Waals surface area contributed by atoms with Crippen molar-refractivity contribution in [2.24, 2.45) is 0 Å². The topological polar surface area (TPSA) is 23.6 Å². The number of carbonyl (C=O) groups is 1. The van der Waals surface area contributed by atoms with Gasteiger partial charge in [-0.2, -0.15) is 0 Å². The molecule has 0 aliphatic carbocycles. The Labute approximate surface area is 146 Å². The van der Waals surface area contributed by atoms with Gasteiger partial charge in [0.2, 0.25) is 0 Å². The van der Waals surface area contributed by atoms with Crippen LogP contribution in [-0.4, -0.2) is 31.4 Å². The van der Waals surface area contributed by atoms with E-state index in [4.69, 9.17) is 0 Å². The molecule has 0 saturated heterocycles. The molecular formula is C20H20N2OS. The molecule has 1 amide bonds. The van der Waals surface area contributed by atoms with Crippen molar-refractivity contribution in [2.75, 3.05) is 25.5 Å². The number of fused-ring (bicyclic) bond motifs is 2. The van der Waals surface area contributed by atoms with Crippen LogP contribution in [0.1, 0.15) is 20.1 Å². The van der Waals surface area contributed by atoms with E-state index in [1.807, 2.05) is 31.3 Å². The fourth-order valence-corrected chi connectivity index (χ4v) is 4.60.